The molecule has 0 spiro atoms. The maximum atomic E-state index is 13.6. The highest BCUT2D eigenvalue weighted by atomic mass is 79.9. The molecule has 96 valence electrons. The van der Waals surface area contributed by atoms with Crippen molar-refractivity contribution >= 4 is 42.9 Å². The fourth-order valence-electron chi connectivity index (χ4n) is 1.87. The second-order valence-corrected chi connectivity index (χ2v) is 5.86. The van der Waals surface area contributed by atoms with Crippen LogP contribution in [0.2, 0.25) is 0 Å². The third-order valence-electron chi connectivity index (χ3n) is 2.64. The minimum absolute atomic E-state index is 0.132. The van der Waals surface area contributed by atoms with Crippen molar-refractivity contribution in [2.75, 3.05) is 0 Å². The third kappa shape index (κ3) is 2.42. The molecule has 0 amide bonds. The second-order valence-electron chi connectivity index (χ2n) is 4.03. The van der Waals surface area contributed by atoms with Gasteiger partial charge in [-0.1, -0.05) is 31.9 Å². The van der Waals surface area contributed by atoms with Crippen LogP contribution in [0.15, 0.2) is 39.3 Å². The smallest absolute Gasteiger partial charge is 0.153 e. The molecule has 1 aromatic heterocycles. The van der Waals surface area contributed by atoms with E-state index >= 15 is 0 Å². The van der Waals surface area contributed by atoms with Crippen molar-refractivity contribution in [1.29, 1.82) is 0 Å². The number of rotatable bonds is 1. The summed E-state index contributed by atoms with van der Waals surface area (Å²) in [7, 11) is 0. The van der Waals surface area contributed by atoms with Gasteiger partial charge < -0.3 is 4.98 Å². The monoisotopic (exact) mass is 386 g/mol. The van der Waals surface area contributed by atoms with Crippen molar-refractivity contribution in [1.82, 2.24) is 9.97 Å². The SMILES string of the molecule is Fc1cc(F)c2nc(-c3cc(Br)cc(Br)c3)[nH]c2c1. The molecule has 2 nitrogen and oxygen atoms in total. The van der Waals surface area contributed by atoms with E-state index in [0.717, 1.165) is 20.6 Å². The lowest BCUT2D eigenvalue weighted by Gasteiger charge is -1.99. The number of aromatic amines is 1. The topological polar surface area (TPSA) is 28.7 Å². The van der Waals surface area contributed by atoms with Gasteiger partial charge in [-0.2, -0.15) is 0 Å². The predicted molar refractivity (Wildman–Crippen MR) is 76.8 cm³/mol. The molecule has 0 fully saturated rings. The Morgan fingerprint density at radius 1 is 0.947 bits per heavy atom. The van der Waals surface area contributed by atoms with Gasteiger partial charge in [0, 0.05) is 20.6 Å². The maximum absolute atomic E-state index is 13.6. The van der Waals surface area contributed by atoms with Crippen LogP contribution in [0.25, 0.3) is 22.4 Å². The maximum Gasteiger partial charge on any atom is 0.153 e. The molecule has 0 aliphatic carbocycles. The van der Waals surface area contributed by atoms with Crippen LogP contribution >= 0.6 is 31.9 Å². The number of imidazole rings is 1. The lowest BCUT2D eigenvalue weighted by atomic mass is 10.2. The van der Waals surface area contributed by atoms with E-state index in [1.54, 1.807) is 0 Å². The molecule has 1 N–H and O–H groups in total. The van der Waals surface area contributed by atoms with Gasteiger partial charge in [-0.25, -0.2) is 13.8 Å². The van der Waals surface area contributed by atoms with Gasteiger partial charge >= 0.3 is 0 Å². The highest BCUT2D eigenvalue weighted by molar-refractivity contribution is 9.11. The molecule has 1 heterocycles. The first-order chi connectivity index (χ1) is 9.02. The summed E-state index contributed by atoms with van der Waals surface area (Å²) in [6.07, 6.45) is 0. The van der Waals surface area contributed by atoms with Crippen LogP contribution in [0.1, 0.15) is 0 Å². The normalized spacial score (nSPS) is 11.2. The van der Waals surface area contributed by atoms with Crippen molar-refractivity contribution in [3.63, 3.8) is 0 Å². The Morgan fingerprint density at radius 3 is 2.32 bits per heavy atom. The average Bonchev–Trinajstić information content (AvgIpc) is 2.71. The van der Waals surface area contributed by atoms with Crippen molar-refractivity contribution < 1.29 is 8.78 Å². The molecule has 19 heavy (non-hydrogen) atoms. The van der Waals surface area contributed by atoms with Crippen molar-refractivity contribution in [3.8, 4) is 11.4 Å². The largest absolute Gasteiger partial charge is 0.338 e. The van der Waals surface area contributed by atoms with Crippen LogP contribution in [0.4, 0.5) is 8.78 Å². The molecule has 2 aromatic carbocycles. The molecule has 0 aliphatic rings. The van der Waals surface area contributed by atoms with Crippen molar-refractivity contribution in [2.45, 2.75) is 0 Å². The zero-order valence-electron chi connectivity index (χ0n) is 9.35. The highest BCUT2D eigenvalue weighted by Crippen LogP contribution is 2.28. The summed E-state index contributed by atoms with van der Waals surface area (Å²) in [4.78, 5) is 7.08. The summed E-state index contributed by atoms with van der Waals surface area (Å²) >= 11 is 6.75. The molecule has 6 heteroatoms. The lowest BCUT2D eigenvalue weighted by Crippen LogP contribution is -1.82. The molecule has 3 aromatic rings. The Hall–Kier alpha value is -1.27. The van der Waals surface area contributed by atoms with E-state index in [9.17, 15) is 8.78 Å². The Bertz CT molecular complexity index is 763. The first-order valence-electron chi connectivity index (χ1n) is 5.34. The van der Waals surface area contributed by atoms with Gasteiger partial charge in [0.05, 0.1) is 5.52 Å². The van der Waals surface area contributed by atoms with Gasteiger partial charge in [0.2, 0.25) is 0 Å². The molecule has 3 rings (SSSR count). The van der Waals surface area contributed by atoms with E-state index in [0.29, 0.717) is 11.3 Å². The van der Waals surface area contributed by atoms with Crippen LogP contribution in [0, 0.1) is 11.6 Å². The molecule has 0 atom stereocenters. The number of hydrogen-bond donors (Lipinski definition) is 1. The molecule has 0 saturated carbocycles. The standard InChI is InChI=1S/C13H6Br2F2N2/c14-7-1-6(2-8(15)3-7)13-18-11-5-9(16)4-10(17)12(11)19-13/h1-5H,(H,18,19). The Kier molecular flexibility index (Phi) is 3.14. The number of hydrogen-bond acceptors (Lipinski definition) is 1. The number of nitrogens with one attached hydrogen (secondary N) is 1. The van der Waals surface area contributed by atoms with E-state index < -0.39 is 11.6 Å². The summed E-state index contributed by atoms with van der Waals surface area (Å²) in [5.74, 6) is -0.816. The molecule has 0 radical (unpaired) electrons. The highest BCUT2D eigenvalue weighted by Gasteiger charge is 2.11. The van der Waals surface area contributed by atoms with E-state index in [-0.39, 0.29) is 5.52 Å². The number of benzene rings is 2. The van der Waals surface area contributed by atoms with E-state index in [1.165, 1.54) is 6.07 Å². The van der Waals surface area contributed by atoms with Gasteiger partial charge in [0.1, 0.15) is 17.2 Å². The molecule has 0 saturated heterocycles. The Balaban J connectivity index is 2.23. The van der Waals surface area contributed by atoms with Gasteiger partial charge in [-0.3, -0.25) is 0 Å². The Morgan fingerprint density at radius 2 is 1.63 bits per heavy atom. The zero-order chi connectivity index (χ0) is 13.6. The Labute approximate surface area is 124 Å². The second kappa shape index (κ2) is 4.68. The van der Waals surface area contributed by atoms with E-state index in [1.807, 2.05) is 18.2 Å². The summed E-state index contributed by atoms with van der Waals surface area (Å²) in [6, 6.07) is 7.62. The fraction of sp³-hybridized carbons (Fsp3) is 0. The van der Waals surface area contributed by atoms with E-state index in [2.05, 4.69) is 41.8 Å². The number of H-pyrrole nitrogens is 1. The van der Waals surface area contributed by atoms with Crippen LogP contribution in [-0.2, 0) is 0 Å². The van der Waals surface area contributed by atoms with Gasteiger partial charge in [0.15, 0.2) is 5.82 Å². The van der Waals surface area contributed by atoms with Crippen LogP contribution in [0.5, 0.6) is 0 Å². The predicted octanol–water partition coefficient (Wildman–Crippen LogP) is 5.03. The quantitative estimate of drug-likeness (QED) is 0.623. The molecule has 0 unspecified atom stereocenters. The first-order valence-corrected chi connectivity index (χ1v) is 6.93. The van der Waals surface area contributed by atoms with Crippen LogP contribution in [-0.4, -0.2) is 9.97 Å². The average molecular weight is 388 g/mol. The number of nitrogens with zero attached hydrogens (tertiary/aromatic N) is 1. The fourth-order valence-corrected chi connectivity index (χ4v) is 3.16. The van der Waals surface area contributed by atoms with Gasteiger partial charge in [-0.05, 0) is 24.3 Å². The molecule has 0 bridgehead atoms. The van der Waals surface area contributed by atoms with Crippen LogP contribution in [0.3, 0.4) is 0 Å². The zero-order valence-corrected chi connectivity index (χ0v) is 12.5. The summed E-state index contributed by atoms with van der Waals surface area (Å²) in [6.45, 7) is 0. The number of fused-ring (bicyclic) bond motifs is 1. The molecule has 0 aliphatic heterocycles. The van der Waals surface area contributed by atoms with Gasteiger partial charge in [-0.15, -0.1) is 0 Å². The van der Waals surface area contributed by atoms with Gasteiger partial charge in [0.25, 0.3) is 0 Å². The summed E-state index contributed by atoms with van der Waals surface area (Å²) < 4.78 is 28.5. The third-order valence-corrected chi connectivity index (χ3v) is 3.56. The summed E-state index contributed by atoms with van der Waals surface area (Å²) in [5.41, 5.74) is 1.24. The van der Waals surface area contributed by atoms with Crippen molar-refractivity contribution in [3.05, 3.63) is 50.9 Å². The molecular formula is C13H6Br2F2N2. The number of halogens is 4. The molecular weight excluding hydrogens is 382 g/mol. The van der Waals surface area contributed by atoms with E-state index in [4.69, 9.17) is 0 Å². The van der Waals surface area contributed by atoms with Crippen LogP contribution < -0.4 is 0 Å². The summed E-state index contributed by atoms with van der Waals surface area (Å²) in [5, 5.41) is 0. The lowest BCUT2D eigenvalue weighted by molar-refractivity contribution is 0.591. The van der Waals surface area contributed by atoms with Crippen molar-refractivity contribution in [2.24, 2.45) is 0 Å². The number of aromatic nitrogens is 2. The minimum atomic E-state index is -0.674. The minimum Gasteiger partial charge on any atom is -0.338 e. The first kappa shape index (κ1) is 12.7.